The Hall–Kier alpha value is -0.680. The Morgan fingerprint density at radius 3 is 2.12 bits per heavy atom. The fourth-order valence-electron chi connectivity index (χ4n) is 0.821. The van der Waals surface area contributed by atoms with E-state index >= 15 is 0 Å². The smallest absolute Gasteiger partial charge is 0.545 e. The maximum atomic E-state index is 10.4. The second-order valence-corrected chi connectivity index (χ2v) is 3.32. The van der Waals surface area contributed by atoms with E-state index in [1.54, 1.807) is 0 Å². The van der Waals surface area contributed by atoms with E-state index in [0.29, 0.717) is 0 Å². The molecule has 0 spiro atoms. The molecular formula is C7H9NaO8S. The fraction of sp³-hybridized carbons (Fsp3) is 0. The van der Waals surface area contributed by atoms with Crippen molar-refractivity contribution in [1.29, 1.82) is 0 Å². The summed E-state index contributed by atoms with van der Waals surface area (Å²) in [6.45, 7) is 0. The number of carboxylic acid groups (broad SMARTS) is 1. The zero-order valence-corrected chi connectivity index (χ0v) is 11.5. The molecule has 1 aromatic carbocycles. The molecule has 1 rings (SSSR count). The summed E-state index contributed by atoms with van der Waals surface area (Å²) >= 11 is 0. The molecule has 0 bridgehead atoms. The Morgan fingerprint density at radius 1 is 1.24 bits per heavy atom. The zero-order chi connectivity index (χ0) is 10.8. The molecule has 0 atom stereocenters. The average molecular weight is 276 g/mol. The maximum absolute atomic E-state index is 10.4. The minimum absolute atomic E-state index is 0. The van der Waals surface area contributed by atoms with Gasteiger partial charge in [0.1, 0.15) is 0 Å². The number of aromatic carboxylic acids is 1. The molecule has 0 aromatic heterocycles. The van der Waals surface area contributed by atoms with Crippen LogP contribution in [0.4, 0.5) is 0 Å². The van der Waals surface area contributed by atoms with Crippen molar-refractivity contribution in [2.75, 3.05) is 0 Å². The van der Waals surface area contributed by atoms with Crippen LogP contribution < -0.4 is 38.8 Å². The van der Waals surface area contributed by atoms with Crippen LogP contribution in [0.15, 0.2) is 24.3 Å². The van der Waals surface area contributed by atoms with Crippen molar-refractivity contribution in [1.82, 2.24) is 0 Å². The second-order valence-electron chi connectivity index (χ2n) is 2.29. The first-order valence-electron chi connectivity index (χ1n) is 3.37. The van der Waals surface area contributed by atoms with Crippen molar-refractivity contribution in [3.8, 4) is 5.75 Å². The van der Waals surface area contributed by atoms with E-state index in [1.165, 1.54) is 12.1 Å². The molecule has 0 heterocycles. The van der Waals surface area contributed by atoms with Gasteiger partial charge in [0.2, 0.25) is 0 Å². The molecule has 1 aromatic rings. The minimum atomic E-state index is -4.72. The van der Waals surface area contributed by atoms with E-state index in [1.807, 2.05) is 0 Å². The van der Waals surface area contributed by atoms with Crippen LogP contribution in [0.25, 0.3) is 0 Å². The van der Waals surface area contributed by atoms with Crippen molar-refractivity contribution in [3.05, 3.63) is 29.8 Å². The van der Waals surface area contributed by atoms with Gasteiger partial charge in [-0.25, -0.2) is 0 Å². The largest absolute Gasteiger partial charge is 1.00 e. The normalized spacial score (nSPS) is 9.00. The van der Waals surface area contributed by atoms with Crippen LogP contribution in [0.5, 0.6) is 5.75 Å². The summed E-state index contributed by atoms with van der Waals surface area (Å²) in [6, 6.07) is 4.89. The summed E-state index contributed by atoms with van der Waals surface area (Å²) in [7, 11) is -4.72. The number of carbonyl (C=O) groups excluding carboxylic acids is 1. The summed E-state index contributed by atoms with van der Waals surface area (Å²) < 4.78 is 32.9. The van der Waals surface area contributed by atoms with Crippen molar-refractivity contribution in [2.24, 2.45) is 0 Å². The van der Waals surface area contributed by atoms with Gasteiger partial charge < -0.3 is 25.0 Å². The van der Waals surface area contributed by atoms with Crippen LogP contribution in [-0.2, 0) is 10.4 Å². The van der Waals surface area contributed by atoms with Crippen LogP contribution in [0.2, 0.25) is 0 Å². The van der Waals surface area contributed by atoms with Gasteiger partial charge in [-0.15, -0.1) is 0 Å². The first-order chi connectivity index (χ1) is 6.40. The summed E-state index contributed by atoms with van der Waals surface area (Å²) in [5, 5.41) is 10.4. The number of para-hydroxylation sites is 1. The number of carbonyl (C=O) groups is 1. The number of hydrogen-bond acceptors (Lipinski definition) is 5. The molecular weight excluding hydrogens is 267 g/mol. The van der Waals surface area contributed by atoms with Gasteiger partial charge in [-0.2, -0.15) is 8.42 Å². The molecule has 0 aliphatic rings. The Bertz CT molecular complexity index is 457. The van der Waals surface area contributed by atoms with Crippen LogP contribution >= 0.6 is 0 Å². The molecule has 0 fully saturated rings. The van der Waals surface area contributed by atoms with Gasteiger partial charge in [-0.3, -0.25) is 4.55 Å². The molecule has 10 heteroatoms. The first kappa shape index (κ1) is 21.6. The Labute approximate surface area is 119 Å². The van der Waals surface area contributed by atoms with E-state index in [4.69, 9.17) is 4.55 Å². The second kappa shape index (κ2) is 8.42. The predicted octanol–water partition coefficient (Wildman–Crippen LogP) is -5.41. The van der Waals surface area contributed by atoms with Gasteiger partial charge in [-0.05, 0) is 12.1 Å². The zero-order valence-electron chi connectivity index (χ0n) is 8.71. The summed E-state index contributed by atoms with van der Waals surface area (Å²) in [5.41, 5.74) is -0.454. The summed E-state index contributed by atoms with van der Waals surface area (Å²) in [5.74, 6) is -2.08. The summed E-state index contributed by atoms with van der Waals surface area (Å²) in [4.78, 5) is 10.4. The molecule has 0 unspecified atom stereocenters. The van der Waals surface area contributed by atoms with Gasteiger partial charge in [0.25, 0.3) is 0 Å². The standard InChI is InChI=1S/C7H6O6S.Na.2H2O/c8-7(9)5-3-1-2-4-6(5)13-14(10,11)12;;;/h1-4H,(H,8,9)(H,10,11,12);;2*1H2/q;+1;;/p-1. The number of carboxylic acids is 1. The van der Waals surface area contributed by atoms with Gasteiger partial charge in [0.15, 0.2) is 5.75 Å². The Balaban J connectivity index is -0.000000653. The van der Waals surface area contributed by atoms with E-state index in [9.17, 15) is 18.3 Å². The maximum Gasteiger partial charge on any atom is 1.00 e. The Morgan fingerprint density at radius 2 is 1.71 bits per heavy atom. The fourth-order valence-corrected chi connectivity index (χ4v) is 1.19. The third kappa shape index (κ3) is 7.28. The van der Waals surface area contributed by atoms with E-state index in [-0.39, 0.29) is 40.5 Å². The SMILES string of the molecule is O.O.O=C([O-])c1ccccc1OS(=O)(=O)O.[Na+]. The van der Waals surface area contributed by atoms with Crippen molar-refractivity contribution in [3.63, 3.8) is 0 Å². The molecule has 17 heavy (non-hydrogen) atoms. The average Bonchev–Trinajstić information content (AvgIpc) is 2.01. The molecule has 0 radical (unpaired) electrons. The number of rotatable bonds is 3. The van der Waals surface area contributed by atoms with Gasteiger partial charge in [0.05, 0.1) is 5.97 Å². The molecule has 0 aliphatic carbocycles. The van der Waals surface area contributed by atoms with Gasteiger partial charge >= 0.3 is 40.0 Å². The van der Waals surface area contributed by atoms with Gasteiger partial charge in [0, 0.05) is 5.56 Å². The number of hydrogen-bond donors (Lipinski definition) is 1. The van der Waals surface area contributed by atoms with Crippen LogP contribution in [0.3, 0.4) is 0 Å². The molecule has 0 saturated carbocycles. The van der Waals surface area contributed by atoms with E-state index in [2.05, 4.69) is 4.18 Å². The Kier molecular flexibility index (Phi) is 10.7. The minimum Gasteiger partial charge on any atom is -0.545 e. The predicted molar refractivity (Wildman–Crippen MR) is 50.2 cm³/mol. The van der Waals surface area contributed by atoms with Crippen molar-refractivity contribution < 1.29 is 67.6 Å². The third-order valence-electron chi connectivity index (χ3n) is 1.30. The topological polar surface area (TPSA) is 167 Å². The molecule has 5 N–H and O–H groups in total. The molecule has 8 nitrogen and oxygen atoms in total. The molecule has 0 saturated heterocycles. The monoisotopic (exact) mass is 276 g/mol. The van der Waals surface area contributed by atoms with Crippen LogP contribution in [0, 0.1) is 0 Å². The first-order valence-corrected chi connectivity index (χ1v) is 4.74. The van der Waals surface area contributed by atoms with E-state index < -0.39 is 27.7 Å². The molecule has 92 valence electrons. The van der Waals surface area contributed by atoms with Crippen molar-refractivity contribution >= 4 is 16.4 Å². The van der Waals surface area contributed by atoms with Gasteiger partial charge in [-0.1, -0.05) is 12.1 Å². The van der Waals surface area contributed by atoms with E-state index in [0.717, 1.165) is 12.1 Å². The number of benzene rings is 1. The summed E-state index contributed by atoms with van der Waals surface area (Å²) in [6.07, 6.45) is 0. The molecule has 0 aliphatic heterocycles. The molecule has 0 amide bonds. The quantitative estimate of drug-likeness (QED) is 0.427. The van der Waals surface area contributed by atoms with Crippen LogP contribution in [0.1, 0.15) is 10.4 Å². The van der Waals surface area contributed by atoms with Crippen LogP contribution in [-0.4, -0.2) is 29.9 Å². The van der Waals surface area contributed by atoms with Crippen molar-refractivity contribution in [2.45, 2.75) is 0 Å². The third-order valence-corrected chi connectivity index (χ3v) is 1.69.